The van der Waals surface area contributed by atoms with Crippen molar-refractivity contribution in [2.24, 2.45) is 11.8 Å². The highest BCUT2D eigenvalue weighted by atomic mass is 32.2. The van der Waals surface area contributed by atoms with Crippen LogP contribution in [0.15, 0.2) is 89.0 Å². The van der Waals surface area contributed by atoms with Crippen molar-refractivity contribution in [1.29, 1.82) is 0 Å². The number of carbonyl (C=O) groups is 2. The monoisotopic (exact) mass is 1010 g/mol. The average molecular weight is 1010 g/mol. The molecule has 27 heteroatoms. The molecule has 2 aliphatic rings. The van der Waals surface area contributed by atoms with Gasteiger partial charge in [0.05, 0.1) is 29.2 Å². The van der Waals surface area contributed by atoms with Crippen molar-refractivity contribution in [2.75, 3.05) is 29.2 Å². The molecule has 2 aromatic heterocycles. The van der Waals surface area contributed by atoms with Crippen LogP contribution in [0.3, 0.4) is 0 Å². The second kappa shape index (κ2) is 19.3. The highest BCUT2D eigenvalue weighted by Gasteiger charge is 2.73. The summed E-state index contributed by atoms with van der Waals surface area (Å²) < 4.78 is 210. The highest BCUT2D eigenvalue weighted by molar-refractivity contribution is 7.91. The first-order chi connectivity index (χ1) is 30.8. The Morgan fingerprint density at radius 2 is 0.985 bits per heavy atom. The van der Waals surface area contributed by atoms with Gasteiger partial charge in [0.2, 0.25) is 11.8 Å². The minimum atomic E-state index is -6.02. The Morgan fingerprint density at radius 3 is 1.36 bits per heavy atom. The molecule has 0 saturated heterocycles. The highest BCUT2D eigenvalue weighted by Crippen LogP contribution is 2.53. The summed E-state index contributed by atoms with van der Waals surface area (Å²) >= 11 is 0. The summed E-state index contributed by atoms with van der Waals surface area (Å²) in [6.07, 6.45) is -17.6. The lowest BCUT2D eigenvalue weighted by atomic mass is 9.91. The quantitative estimate of drug-likeness (QED) is 0.0995. The number of rotatable bonds is 15. The number of pyridine rings is 1. The number of benzene rings is 2. The summed E-state index contributed by atoms with van der Waals surface area (Å²) in [6.45, 7) is 0. The molecule has 0 atom stereocenters. The number of halogens is 12. The van der Waals surface area contributed by atoms with Crippen LogP contribution < -0.4 is 10.6 Å². The van der Waals surface area contributed by atoms with E-state index in [0.29, 0.717) is 31.4 Å². The molecule has 0 aliphatic heterocycles. The van der Waals surface area contributed by atoms with E-state index in [1.54, 1.807) is 0 Å². The Bertz CT molecular complexity index is 2570. The lowest BCUT2D eigenvalue weighted by molar-refractivity contribution is -0.383. The molecular formula is C40H37F12N5O8S2. The van der Waals surface area contributed by atoms with Crippen molar-refractivity contribution in [3.05, 3.63) is 102 Å². The van der Waals surface area contributed by atoms with Crippen molar-refractivity contribution in [1.82, 2.24) is 15.0 Å². The van der Waals surface area contributed by atoms with Crippen LogP contribution in [0.25, 0.3) is 0 Å². The topological polar surface area (TPSA) is 195 Å². The molecule has 0 radical (unpaired) electrons. The molecule has 2 heterocycles. The molecular weight excluding hydrogens is 971 g/mol. The number of ether oxygens (including phenoxy) is 1. The summed E-state index contributed by atoms with van der Waals surface area (Å²) in [4.78, 5) is 35.9. The zero-order valence-corrected chi connectivity index (χ0v) is 35.9. The number of hydrogen-bond acceptors (Lipinski definition) is 11. The molecule has 67 heavy (non-hydrogen) atoms. The minimum Gasteiger partial charge on any atom is -0.369 e. The molecule has 0 spiro atoms. The number of hydrogen-bond donors (Lipinski definition) is 3. The maximum atomic E-state index is 13.3. The van der Waals surface area contributed by atoms with Crippen LogP contribution in [0.4, 0.5) is 64.1 Å². The molecule has 2 aromatic carbocycles. The third-order valence-electron chi connectivity index (χ3n) is 10.2. The molecule has 2 amide bonds. The Labute approximate surface area is 373 Å². The number of alkyl halides is 12. The Kier molecular flexibility index (Phi) is 15.1. The number of anilines is 2. The van der Waals surface area contributed by atoms with Crippen LogP contribution in [-0.4, -0.2) is 92.0 Å². The summed E-state index contributed by atoms with van der Waals surface area (Å²) in [7, 11) is -6.69. The zero-order chi connectivity index (χ0) is 50.0. The Balaban J connectivity index is 0.000000251. The predicted octanol–water partition coefficient (Wildman–Crippen LogP) is 7.57. The molecule has 6 rings (SSSR count). The number of sulfone groups is 2. The standard InChI is InChI=1S/C21H20F6N2O4S.C19H17F6N3O4S/c1-33-19(20(22,23)24,21(25,26)27)14-4-6-15(7-5-14)29-18(30)10-16-8-9-17(11-28-16)34(31,32)12-13-2-3-13;20-18(21,22)17(30,19(23,24)25)12-3-5-13(6-4-12)28-16(29)7-15-26-8-14(9-27-15)33(31,32)10-11-1-2-11/h4-9,11,13H,2-3,10,12H2,1H3,(H,29,30);3-6,8-9,11,30H,1-2,7,10H2,(H,28,29). The van der Waals surface area contributed by atoms with E-state index in [-0.39, 0.29) is 62.4 Å². The number of nitrogens with one attached hydrogen (secondary N) is 2. The van der Waals surface area contributed by atoms with Gasteiger partial charge in [-0.15, -0.1) is 0 Å². The van der Waals surface area contributed by atoms with Crippen LogP contribution in [0.2, 0.25) is 0 Å². The molecule has 2 aliphatic carbocycles. The number of methoxy groups -OCH3 is 1. The SMILES string of the molecule is COC(c1ccc(NC(=O)Cc2ccc(S(=O)(=O)CC3CC3)cn2)cc1)(C(F)(F)F)C(F)(F)F.O=C(Cc1ncc(S(=O)(=O)CC2CC2)cn1)Nc1ccc(C(O)(C(F)(F)F)C(F)(F)F)cc1. The fourth-order valence-corrected chi connectivity index (χ4v) is 9.51. The number of nitrogens with zero attached hydrogens (tertiary/aromatic N) is 3. The first-order valence-corrected chi connectivity index (χ1v) is 22.7. The Morgan fingerprint density at radius 1 is 0.582 bits per heavy atom. The van der Waals surface area contributed by atoms with Crippen LogP contribution in [-0.2, 0) is 58.0 Å². The van der Waals surface area contributed by atoms with Gasteiger partial charge in [0.25, 0.3) is 11.2 Å². The second-order valence-corrected chi connectivity index (χ2v) is 19.5. The largest absolute Gasteiger partial charge is 0.430 e. The molecule has 366 valence electrons. The van der Waals surface area contributed by atoms with Gasteiger partial charge in [-0.05, 0) is 73.9 Å². The molecule has 3 N–H and O–H groups in total. The van der Waals surface area contributed by atoms with Crippen molar-refractivity contribution in [2.45, 2.75) is 84.2 Å². The molecule has 0 unspecified atom stereocenters. The number of carbonyl (C=O) groups excluding carboxylic acids is 2. The summed E-state index contributed by atoms with van der Waals surface area (Å²) in [5, 5.41) is 13.9. The molecule has 0 bridgehead atoms. The second-order valence-electron chi connectivity index (χ2n) is 15.5. The average Bonchev–Trinajstić information content (AvgIpc) is 4.16. The lowest BCUT2D eigenvalue weighted by Gasteiger charge is -2.36. The summed E-state index contributed by atoms with van der Waals surface area (Å²) in [5.41, 5.74) is -12.2. The first kappa shape index (κ1) is 52.6. The van der Waals surface area contributed by atoms with Crippen LogP contribution in [0.1, 0.15) is 48.3 Å². The van der Waals surface area contributed by atoms with Crippen molar-refractivity contribution >= 4 is 42.9 Å². The number of amides is 2. The van der Waals surface area contributed by atoms with Crippen LogP contribution in [0.5, 0.6) is 0 Å². The predicted molar refractivity (Wildman–Crippen MR) is 210 cm³/mol. The van der Waals surface area contributed by atoms with Crippen molar-refractivity contribution < 1.29 is 89.0 Å². The van der Waals surface area contributed by atoms with Crippen molar-refractivity contribution in [3.8, 4) is 0 Å². The Hall–Kier alpha value is -5.41. The number of aromatic nitrogens is 3. The van der Waals surface area contributed by atoms with E-state index in [2.05, 4.69) is 30.3 Å². The van der Waals surface area contributed by atoms with E-state index in [1.165, 1.54) is 12.1 Å². The summed E-state index contributed by atoms with van der Waals surface area (Å²) in [6, 6.07) is 7.94. The van der Waals surface area contributed by atoms with E-state index in [9.17, 15) is 84.2 Å². The zero-order valence-electron chi connectivity index (χ0n) is 34.3. The van der Waals surface area contributed by atoms with Gasteiger partial charge >= 0.3 is 24.7 Å². The van der Waals surface area contributed by atoms with Gasteiger partial charge in [0.1, 0.15) is 10.7 Å². The van der Waals surface area contributed by atoms with E-state index < -0.39 is 84.9 Å². The number of aliphatic hydroxyl groups is 1. The molecule has 2 saturated carbocycles. The normalized spacial score (nSPS) is 15.3. The van der Waals surface area contributed by atoms with Crippen LogP contribution in [0, 0.1) is 11.8 Å². The lowest BCUT2D eigenvalue weighted by Crippen LogP contribution is -2.55. The maximum Gasteiger partial charge on any atom is 0.430 e. The van der Waals surface area contributed by atoms with Crippen molar-refractivity contribution in [3.63, 3.8) is 0 Å². The third kappa shape index (κ3) is 12.4. The molecule has 13 nitrogen and oxygen atoms in total. The van der Waals surface area contributed by atoms with E-state index in [0.717, 1.165) is 68.5 Å². The van der Waals surface area contributed by atoms with Gasteiger partial charge in [-0.3, -0.25) is 14.6 Å². The minimum absolute atomic E-state index is 0.00993. The first-order valence-electron chi connectivity index (χ1n) is 19.4. The van der Waals surface area contributed by atoms with Gasteiger partial charge in [0, 0.05) is 53.9 Å². The maximum absolute atomic E-state index is 13.3. The van der Waals surface area contributed by atoms with Gasteiger partial charge in [-0.2, -0.15) is 52.7 Å². The van der Waals surface area contributed by atoms with Crippen LogP contribution >= 0.6 is 0 Å². The van der Waals surface area contributed by atoms with Gasteiger partial charge in [0.15, 0.2) is 19.7 Å². The van der Waals surface area contributed by atoms with Gasteiger partial charge < -0.3 is 20.5 Å². The fourth-order valence-electron chi connectivity index (χ4n) is 6.30. The smallest absolute Gasteiger partial charge is 0.369 e. The van der Waals surface area contributed by atoms with Gasteiger partial charge in [-0.1, -0.05) is 24.3 Å². The fraction of sp³-hybridized carbons (Fsp3) is 0.425. The summed E-state index contributed by atoms with van der Waals surface area (Å²) in [5.74, 6) is -1.14. The molecule has 4 aromatic rings. The van der Waals surface area contributed by atoms with Gasteiger partial charge in [-0.25, -0.2) is 26.8 Å². The van der Waals surface area contributed by atoms with E-state index in [1.807, 2.05) is 0 Å². The third-order valence-corrected chi connectivity index (χ3v) is 14.0. The van der Waals surface area contributed by atoms with E-state index in [4.69, 9.17) is 0 Å². The van der Waals surface area contributed by atoms with E-state index >= 15 is 0 Å². The molecule has 2 fully saturated rings.